The van der Waals surface area contributed by atoms with Gasteiger partial charge in [0.05, 0.1) is 0 Å². The molecule has 0 N–H and O–H groups in total. The van der Waals surface area contributed by atoms with Gasteiger partial charge in [0.25, 0.3) is 11.8 Å². The fraction of sp³-hybridized carbons (Fsp3) is 0.391. The summed E-state index contributed by atoms with van der Waals surface area (Å²) in [5, 5.41) is 0. The van der Waals surface area contributed by atoms with Crippen LogP contribution in [0.2, 0.25) is 0 Å². The van der Waals surface area contributed by atoms with Crippen LogP contribution in [0, 0.1) is 13.8 Å². The van der Waals surface area contributed by atoms with Crippen molar-refractivity contribution < 1.29 is 14.3 Å². The van der Waals surface area contributed by atoms with Crippen LogP contribution in [0.25, 0.3) is 0 Å². The van der Waals surface area contributed by atoms with E-state index in [1.807, 2.05) is 61.2 Å². The number of aryl methyl sites for hydroxylation is 3. The molecule has 3 rings (SSSR count). The summed E-state index contributed by atoms with van der Waals surface area (Å²) in [6.45, 7) is 8.31. The molecule has 0 unspecified atom stereocenters. The number of para-hydroxylation sites is 1. The van der Waals surface area contributed by atoms with E-state index in [4.69, 9.17) is 4.74 Å². The summed E-state index contributed by atoms with van der Waals surface area (Å²) in [5.74, 6) is 0.759. The van der Waals surface area contributed by atoms with Crippen LogP contribution in [-0.4, -0.2) is 54.4 Å². The molecule has 0 atom stereocenters. The van der Waals surface area contributed by atoms with E-state index in [1.165, 1.54) is 5.56 Å². The van der Waals surface area contributed by atoms with Crippen molar-refractivity contribution >= 4 is 11.8 Å². The third-order valence-corrected chi connectivity index (χ3v) is 5.38. The highest BCUT2D eigenvalue weighted by Gasteiger charge is 2.25. The van der Waals surface area contributed by atoms with Crippen LogP contribution in [-0.2, 0) is 11.2 Å². The molecule has 0 spiro atoms. The minimum atomic E-state index is -0.0378. The molecular formula is C23H28N2O3. The van der Waals surface area contributed by atoms with Crippen molar-refractivity contribution in [2.75, 3.05) is 32.8 Å². The number of amides is 2. The van der Waals surface area contributed by atoms with Gasteiger partial charge in [0.2, 0.25) is 0 Å². The average molecular weight is 380 g/mol. The van der Waals surface area contributed by atoms with Crippen LogP contribution in [0.3, 0.4) is 0 Å². The molecule has 1 heterocycles. The Hall–Kier alpha value is -2.82. The number of hydrogen-bond acceptors (Lipinski definition) is 3. The number of carbonyl (C=O) groups is 2. The Labute approximate surface area is 166 Å². The van der Waals surface area contributed by atoms with Gasteiger partial charge in [0.15, 0.2) is 6.61 Å². The largest absolute Gasteiger partial charge is 0.483 e. The van der Waals surface area contributed by atoms with E-state index in [1.54, 1.807) is 4.90 Å². The van der Waals surface area contributed by atoms with E-state index in [0.29, 0.717) is 31.7 Å². The Morgan fingerprint density at radius 2 is 1.61 bits per heavy atom. The second-order valence-electron chi connectivity index (χ2n) is 7.22. The molecule has 1 aliphatic heterocycles. The predicted molar refractivity (Wildman–Crippen MR) is 110 cm³/mol. The summed E-state index contributed by atoms with van der Waals surface area (Å²) in [6.07, 6.45) is 0.865. The van der Waals surface area contributed by atoms with Crippen LogP contribution in [0.5, 0.6) is 5.75 Å². The van der Waals surface area contributed by atoms with E-state index >= 15 is 0 Å². The summed E-state index contributed by atoms with van der Waals surface area (Å²) >= 11 is 0. The molecule has 0 radical (unpaired) electrons. The third kappa shape index (κ3) is 4.53. The summed E-state index contributed by atoms with van der Waals surface area (Å²) in [5.41, 5.74) is 4.10. The lowest BCUT2D eigenvalue weighted by molar-refractivity contribution is -0.134. The van der Waals surface area contributed by atoms with Gasteiger partial charge in [-0.05, 0) is 55.2 Å². The number of benzene rings is 2. The lowest BCUT2D eigenvalue weighted by Gasteiger charge is -2.34. The van der Waals surface area contributed by atoms with Crippen molar-refractivity contribution in [2.45, 2.75) is 27.2 Å². The Morgan fingerprint density at radius 3 is 2.29 bits per heavy atom. The maximum Gasteiger partial charge on any atom is 0.260 e. The number of nitrogens with zero attached hydrogens (tertiary/aromatic N) is 2. The van der Waals surface area contributed by atoms with Crippen molar-refractivity contribution in [3.63, 3.8) is 0 Å². The highest BCUT2D eigenvalue weighted by atomic mass is 16.5. The molecule has 5 heteroatoms. The molecule has 5 nitrogen and oxygen atoms in total. The third-order valence-electron chi connectivity index (χ3n) is 5.38. The Kier molecular flexibility index (Phi) is 6.34. The van der Waals surface area contributed by atoms with Crippen LogP contribution >= 0.6 is 0 Å². The summed E-state index contributed by atoms with van der Waals surface area (Å²) < 4.78 is 5.74. The van der Waals surface area contributed by atoms with Crippen molar-refractivity contribution in [1.29, 1.82) is 0 Å². The number of rotatable bonds is 5. The monoisotopic (exact) mass is 380 g/mol. The zero-order valence-electron chi connectivity index (χ0n) is 16.9. The summed E-state index contributed by atoms with van der Waals surface area (Å²) in [6, 6.07) is 13.6. The maximum atomic E-state index is 12.7. The second kappa shape index (κ2) is 8.91. The minimum absolute atomic E-state index is 0.0299. The van der Waals surface area contributed by atoms with Gasteiger partial charge in [-0.15, -0.1) is 0 Å². The van der Waals surface area contributed by atoms with E-state index < -0.39 is 0 Å². The van der Waals surface area contributed by atoms with Gasteiger partial charge in [-0.25, -0.2) is 0 Å². The van der Waals surface area contributed by atoms with Gasteiger partial charge in [0.1, 0.15) is 5.75 Å². The Morgan fingerprint density at radius 1 is 0.929 bits per heavy atom. The Bertz CT molecular complexity index is 855. The number of ether oxygens (including phenoxy) is 1. The van der Waals surface area contributed by atoms with Gasteiger partial charge in [-0.1, -0.05) is 31.2 Å². The molecule has 0 aromatic heterocycles. The van der Waals surface area contributed by atoms with Gasteiger partial charge >= 0.3 is 0 Å². The van der Waals surface area contributed by atoms with Crippen molar-refractivity contribution in [3.8, 4) is 5.75 Å². The SMILES string of the molecule is CCc1ccccc1OCC(=O)N1CCN(C(=O)c2ccc(C)c(C)c2)CC1. The molecule has 28 heavy (non-hydrogen) atoms. The molecule has 0 saturated carbocycles. The van der Waals surface area contributed by atoms with E-state index in [2.05, 4.69) is 6.92 Å². The first-order valence-corrected chi connectivity index (χ1v) is 9.84. The second-order valence-corrected chi connectivity index (χ2v) is 7.22. The van der Waals surface area contributed by atoms with Crippen LogP contribution in [0.4, 0.5) is 0 Å². The lowest BCUT2D eigenvalue weighted by Crippen LogP contribution is -2.51. The van der Waals surface area contributed by atoms with Gasteiger partial charge in [-0.3, -0.25) is 9.59 Å². The smallest absolute Gasteiger partial charge is 0.260 e. The van der Waals surface area contributed by atoms with E-state index in [0.717, 1.165) is 23.3 Å². The molecule has 0 aliphatic carbocycles. The fourth-order valence-electron chi connectivity index (χ4n) is 3.38. The van der Waals surface area contributed by atoms with Crippen LogP contribution < -0.4 is 4.74 Å². The zero-order valence-corrected chi connectivity index (χ0v) is 16.9. The number of carbonyl (C=O) groups excluding carboxylic acids is 2. The summed E-state index contributed by atoms with van der Waals surface area (Å²) in [7, 11) is 0. The van der Waals surface area contributed by atoms with E-state index in [9.17, 15) is 9.59 Å². The predicted octanol–water partition coefficient (Wildman–Crippen LogP) is 3.23. The molecule has 1 aliphatic rings. The van der Waals surface area contributed by atoms with Gasteiger partial charge < -0.3 is 14.5 Å². The fourth-order valence-corrected chi connectivity index (χ4v) is 3.38. The highest BCUT2D eigenvalue weighted by Crippen LogP contribution is 2.18. The lowest BCUT2D eigenvalue weighted by atomic mass is 10.1. The molecule has 2 amide bonds. The van der Waals surface area contributed by atoms with Crippen molar-refractivity contribution in [3.05, 3.63) is 64.7 Å². The molecule has 0 bridgehead atoms. The summed E-state index contributed by atoms with van der Waals surface area (Å²) in [4.78, 5) is 28.8. The van der Waals surface area contributed by atoms with Crippen molar-refractivity contribution in [1.82, 2.24) is 9.80 Å². The quantitative estimate of drug-likeness (QED) is 0.800. The standard InChI is InChI=1S/C23H28N2O3/c1-4-19-7-5-6-8-21(19)28-16-22(26)24-11-13-25(14-12-24)23(27)20-10-9-17(2)18(3)15-20/h5-10,15H,4,11-14,16H2,1-3H3. The first-order valence-electron chi connectivity index (χ1n) is 9.84. The van der Waals surface area contributed by atoms with Crippen molar-refractivity contribution in [2.24, 2.45) is 0 Å². The molecule has 2 aromatic rings. The molecule has 1 saturated heterocycles. The Balaban J connectivity index is 1.52. The van der Waals surface area contributed by atoms with Gasteiger partial charge in [0, 0.05) is 31.7 Å². The van der Waals surface area contributed by atoms with E-state index in [-0.39, 0.29) is 18.4 Å². The molecule has 1 fully saturated rings. The number of piperazine rings is 1. The minimum Gasteiger partial charge on any atom is -0.483 e. The van der Waals surface area contributed by atoms with Gasteiger partial charge in [-0.2, -0.15) is 0 Å². The zero-order chi connectivity index (χ0) is 20.1. The molecular weight excluding hydrogens is 352 g/mol. The van der Waals surface area contributed by atoms with Crippen LogP contribution in [0.15, 0.2) is 42.5 Å². The molecule has 148 valence electrons. The highest BCUT2D eigenvalue weighted by molar-refractivity contribution is 5.94. The maximum absolute atomic E-state index is 12.7. The normalized spacial score (nSPS) is 14.1. The molecule has 2 aromatic carbocycles. The topological polar surface area (TPSA) is 49.9 Å². The number of hydrogen-bond donors (Lipinski definition) is 0. The first kappa shape index (κ1) is 19.9. The first-order chi connectivity index (χ1) is 13.5. The average Bonchev–Trinajstić information content (AvgIpc) is 2.73. The van der Waals surface area contributed by atoms with Crippen LogP contribution in [0.1, 0.15) is 34.0 Å².